The summed E-state index contributed by atoms with van der Waals surface area (Å²) in [5.74, 6) is -0.593. The lowest BCUT2D eigenvalue weighted by molar-refractivity contribution is -0.143. The number of thiazole rings is 1. The highest BCUT2D eigenvalue weighted by Gasteiger charge is 2.28. The molecule has 0 saturated carbocycles. The molecule has 7 heteroatoms. The van der Waals surface area contributed by atoms with Crippen LogP contribution in [0.2, 0.25) is 0 Å². The molecule has 0 bridgehead atoms. The molecule has 2 heterocycles. The van der Waals surface area contributed by atoms with E-state index in [1.165, 1.54) is 10.4 Å². The molecule has 2 aliphatic rings. The lowest BCUT2D eigenvalue weighted by Crippen LogP contribution is -2.42. The van der Waals surface area contributed by atoms with E-state index in [0.717, 1.165) is 25.0 Å². The summed E-state index contributed by atoms with van der Waals surface area (Å²) in [6.07, 6.45) is 4.00. The second kappa shape index (κ2) is 7.68. The van der Waals surface area contributed by atoms with Gasteiger partial charge < -0.3 is 10.0 Å². The van der Waals surface area contributed by atoms with Crippen molar-refractivity contribution in [2.45, 2.75) is 38.0 Å². The number of carbonyl (C=O) groups excluding carboxylic acids is 1. The zero-order chi connectivity index (χ0) is 18.8. The standard InChI is InChI=1S/C20H23N3O3S/c24-18(25)14-8-10-23(11-9-14)20(26)22-19-21-16-7-6-15(12-17(16)27-19)13-4-2-1-3-5-13/h1-5,14-15H,6-12H2,(H,24,25)(H,21,22,26). The molecule has 142 valence electrons. The minimum Gasteiger partial charge on any atom is -0.481 e. The number of aryl methyl sites for hydroxylation is 1. The summed E-state index contributed by atoms with van der Waals surface area (Å²) in [6.45, 7) is 0.952. The highest BCUT2D eigenvalue weighted by molar-refractivity contribution is 7.15. The van der Waals surface area contributed by atoms with E-state index in [9.17, 15) is 9.59 Å². The van der Waals surface area contributed by atoms with Crippen molar-refractivity contribution >= 4 is 28.5 Å². The Hall–Kier alpha value is -2.41. The molecule has 1 saturated heterocycles. The van der Waals surface area contributed by atoms with Gasteiger partial charge >= 0.3 is 12.0 Å². The average Bonchev–Trinajstić information content (AvgIpc) is 3.10. The summed E-state index contributed by atoms with van der Waals surface area (Å²) >= 11 is 1.57. The number of nitrogens with zero attached hydrogens (tertiary/aromatic N) is 2. The number of likely N-dealkylation sites (tertiary alicyclic amines) is 1. The normalized spacial score (nSPS) is 20.1. The van der Waals surface area contributed by atoms with Gasteiger partial charge in [-0.2, -0.15) is 0 Å². The van der Waals surface area contributed by atoms with Crippen molar-refractivity contribution in [3.8, 4) is 0 Å². The summed E-state index contributed by atoms with van der Waals surface area (Å²) in [5, 5.41) is 12.6. The van der Waals surface area contributed by atoms with Crippen molar-refractivity contribution in [3.63, 3.8) is 0 Å². The number of carboxylic acid groups (broad SMARTS) is 1. The first-order valence-corrected chi connectivity index (χ1v) is 10.2. The van der Waals surface area contributed by atoms with E-state index in [0.29, 0.717) is 37.0 Å². The zero-order valence-corrected chi connectivity index (χ0v) is 15.9. The third kappa shape index (κ3) is 3.98. The summed E-state index contributed by atoms with van der Waals surface area (Å²) in [4.78, 5) is 31.1. The van der Waals surface area contributed by atoms with Crippen LogP contribution in [-0.2, 0) is 17.6 Å². The molecule has 2 N–H and O–H groups in total. The molecule has 2 aromatic rings. The van der Waals surface area contributed by atoms with Crippen LogP contribution < -0.4 is 5.32 Å². The fourth-order valence-corrected chi connectivity index (χ4v) is 5.02. The van der Waals surface area contributed by atoms with E-state index in [1.807, 2.05) is 6.07 Å². The Kier molecular flexibility index (Phi) is 5.11. The minimum absolute atomic E-state index is 0.176. The maximum Gasteiger partial charge on any atom is 0.323 e. The van der Waals surface area contributed by atoms with Crippen molar-refractivity contribution < 1.29 is 14.7 Å². The van der Waals surface area contributed by atoms with Crippen molar-refractivity contribution in [2.24, 2.45) is 5.92 Å². The van der Waals surface area contributed by atoms with Gasteiger partial charge in [-0.05, 0) is 43.6 Å². The Morgan fingerprint density at radius 1 is 1.15 bits per heavy atom. The summed E-state index contributed by atoms with van der Waals surface area (Å²) in [6, 6.07) is 10.4. The minimum atomic E-state index is -0.768. The molecule has 1 aromatic carbocycles. The molecule has 2 amide bonds. The zero-order valence-electron chi connectivity index (χ0n) is 15.1. The number of fused-ring (bicyclic) bond motifs is 1. The van der Waals surface area contributed by atoms with Crippen molar-refractivity contribution in [3.05, 3.63) is 46.5 Å². The van der Waals surface area contributed by atoms with Crippen LogP contribution in [0.1, 0.15) is 41.3 Å². The number of aliphatic carboxylic acids is 1. The Morgan fingerprint density at radius 3 is 2.59 bits per heavy atom. The molecule has 6 nitrogen and oxygen atoms in total. The van der Waals surface area contributed by atoms with Gasteiger partial charge in [-0.3, -0.25) is 10.1 Å². The number of piperidine rings is 1. The maximum absolute atomic E-state index is 12.5. The van der Waals surface area contributed by atoms with Crippen LogP contribution in [0.4, 0.5) is 9.93 Å². The molecular formula is C20H23N3O3S. The quantitative estimate of drug-likeness (QED) is 0.843. The van der Waals surface area contributed by atoms with E-state index < -0.39 is 5.97 Å². The number of rotatable bonds is 3. The topological polar surface area (TPSA) is 82.5 Å². The highest BCUT2D eigenvalue weighted by Crippen LogP contribution is 2.37. The second-order valence-corrected chi connectivity index (χ2v) is 8.35. The van der Waals surface area contributed by atoms with E-state index >= 15 is 0 Å². The van der Waals surface area contributed by atoms with Crippen LogP contribution in [0.25, 0.3) is 0 Å². The Morgan fingerprint density at radius 2 is 1.89 bits per heavy atom. The van der Waals surface area contributed by atoms with Crippen molar-refractivity contribution in [2.75, 3.05) is 18.4 Å². The Labute approximate surface area is 162 Å². The third-order valence-corrected chi connectivity index (χ3v) is 6.59. The van der Waals surface area contributed by atoms with Crippen LogP contribution in [0.15, 0.2) is 30.3 Å². The van der Waals surface area contributed by atoms with Crippen LogP contribution in [0.3, 0.4) is 0 Å². The van der Waals surface area contributed by atoms with E-state index in [4.69, 9.17) is 5.11 Å². The molecule has 27 heavy (non-hydrogen) atoms. The predicted octanol–water partition coefficient (Wildman–Crippen LogP) is 3.74. The molecule has 1 fully saturated rings. The van der Waals surface area contributed by atoms with Gasteiger partial charge in [0, 0.05) is 18.0 Å². The highest BCUT2D eigenvalue weighted by atomic mass is 32.1. The molecule has 1 atom stereocenters. The predicted molar refractivity (Wildman–Crippen MR) is 104 cm³/mol. The van der Waals surface area contributed by atoms with Crippen molar-refractivity contribution in [1.82, 2.24) is 9.88 Å². The summed E-state index contributed by atoms with van der Waals surface area (Å²) in [5.41, 5.74) is 2.47. The molecule has 4 rings (SSSR count). The van der Waals surface area contributed by atoms with Crippen LogP contribution in [0, 0.1) is 5.92 Å². The molecule has 1 aliphatic carbocycles. The van der Waals surface area contributed by atoms with E-state index in [2.05, 4.69) is 34.6 Å². The number of anilines is 1. The first kappa shape index (κ1) is 18.0. The summed E-state index contributed by atoms with van der Waals surface area (Å²) < 4.78 is 0. The van der Waals surface area contributed by atoms with Gasteiger partial charge in [0.15, 0.2) is 5.13 Å². The number of aromatic nitrogens is 1. The van der Waals surface area contributed by atoms with Crippen LogP contribution in [0.5, 0.6) is 0 Å². The van der Waals surface area contributed by atoms with Gasteiger partial charge in [-0.25, -0.2) is 9.78 Å². The molecule has 1 unspecified atom stereocenters. The molecule has 0 spiro atoms. The number of nitrogens with one attached hydrogen (secondary N) is 1. The number of benzene rings is 1. The van der Waals surface area contributed by atoms with Crippen LogP contribution in [-0.4, -0.2) is 40.1 Å². The van der Waals surface area contributed by atoms with Gasteiger partial charge in [0.1, 0.15) is 0 Å². The smallest absolute Gasteiger partial charge is 0.323 e. The lowest BCUT2D eigenvalue weighted by atomic mass is 9.85. The fourth-order valence-electron chi connectivity index (χ4n) is 3.94. The third-order valence-electron chi connectivity index (χ3n) is 5.56. The summed E-state index contributed by atoms with van der Waals surface area (Å²) in [7, 11) is 0. The molecule has 1 aromatic heterocycles. The van der Waals surface area contributed by atoms with Gasteiger partial charge in [0.25, 0.3) is 0 Å². The lowest BCUT2D eigenvalue weighted by Gasteiger charge is -2.29. The maximum atomic E-state index is 12.5. The van der Waals surface area contributed by atoms with Gasteiger partial charge in [-0.15, -0.1) is 11.3 Å². The first-order valence-electron chi connectivity index (χ1n) is 9.42. The monoisotopic (exact) mass is 385 g/mol. The fraction of sp³-hybridized carbons (Fsp3) is 0.450. The first-order chi connectivity index (χ1) is 13.1. The molecule has 1 aliphatic heterocycles. The largest absolute Gasteiger partial charge is 0.481 e. The Bertz CT molecular complexity index is 828. The number of hydrogen-bond donors (Lipinski definition) is 2. The second-order valence-electron chi connectivity index (χ2n) is 7.27. The van der Waals surface area contributed by atoms with E-state index in [1.54, 1.807) is 16.2 Å². The number of carboxylic acids is 1. The number of amides is 2. The van der Waals surface area contributed by atoms with Gasteiger partial charge in [-0.1, -0.05) is 30.3 Å². The number of hydrogen-bond acceptors (Lipinski definition) is 4. The number of carbonyl (C=O) groups is 2. The van der Waals surface area contributed by atoms with Crippen molar-refractivity contribution in [1.29, 1.82) is 0 Å². The van der Waals surface area contributed by atoms with Gasteiger partial charge in [0.05, 0.1) is 11.6 Å². The average molecular weight is 385 g/mol. The number of urea groups is 1. The molecule has 0 radical (unpaired) electrons. The molecular weight excluding hydrogens is 362 g/mol. The SMILES string of the molecule is O=C(O)C1CCN(C(=O)Nc2nc3c(s2)CC(c2ccccc2)CC3)CC1. The van der Waals surface area contributed by atoms with E-state index in [-0.39, 0.29) is 11.9 Å². The van der Waals surface area contributed by atoms with Crippen LogP contribution >= 0.6 is 11.3 Å². The van der Waals surface area contributed by atoms with Gasteiger partial charge in [0.2, 0.25) is 0 Å². The Balaban J connectivity index is 1.37.